The number of nitrogens with zero attached hydrogens (tertiary/aromatic N) is 5. The van der Waals surface area contributed by atoms with Crippen molar-refractivity contribution in [1.29, 1.82) is 10.5 Å². The number of rotatable bonds is 44. The number of carbonyl (C=O) groups is 4. The van der Waals surface area contributed by atoms with Crippen molar-refractivity contribution in [2.75, 3.05) is 70.8 Å². The Morgan fingerprint density at radius 3 is 1.59 bits per heavy atom. The molecule has 1 aromatic rings. The van der Waals surface area contributed by atoms with Gasteiger partial charge < -0.3 is 38.8 Å². The number of hydrogen-bond donors (Lipinski definition) is 2. The van der Waals surface area contributed by atoms with Gasteiger partial charge in [-0.25, -0.2) is 0 Å². The Bertz CT molecular complexity index is 1960. The maximum absolute atomic E-state index is 12.5. The summed E-state index contributed by atoms with van der Waals surface area (Å²) in [5.74, 6) is -5.47. The van der Waals surface area contributed by atoms with E-state index in [0.717, 1.165) is 43.4 Å². The number of anilines is 1. The average molecular weight is 1040 g/mol. The molecule has 2 N–H and O–H groups in total. The Labute approximate surface area is 440 Å². The second-order valence-corrected chi connectivity index (χ2v) is 19.5. The summed E-state index contributed by atoms with van der Waals surface area (Å²) < 4.78 is 27.9. The van der Waals surface area contributed by atoms with Gasteiger partial charge in [-0.15, -0.1) is 0 Å². The normalized spacial score (nSPS) is 15.5. The third-order valence-electron chi connectivity index (χ3n) is 12.4. The SMILES string of the molecule is CCCCCCCCC/C=C/CC(CC(=O)OCCOCCOCCN(CCOCCOC(=O)CC(C/C=C/CCCCCCCCC)C(=O)O)c1ccc(N=NC2SC(C#N)=C(C)C2C#N)c(C)c1)C(=O)O. The molecule has 0 aliphatic carbocycles. The van der Waals surface area contributed by atoms with Crippen molar-refractivity contribution in [1.82, 2.24) is 0 Å². The molecule has 73 heavy (non-hydrogen) atoms. The minimum Gasteiger partial charge on any atom is -0.481 e. The van der Waals surface area contributed by atoms with Crippen molar-refractivity contribution in [3.63, 3.8) is 0 Å². The van der Waals surface area contributed by atoms with Crippen LogP contribution in [0.2, 0.25) is 0 Å². The molecule has 4 unspecified atom stereocenters. The Hall–Kier alpha value is -5.07. The zero-order chi connectivity index (χ0) is 53.3. The first-order chi connectivity index (χ1) is 35.4. The number of thioether (sulfide) groups is 1. The lowest BCUT2D eigenvalue weighted by atomic mass is 10.0. The van der Waals surface area contributed by atoms with E-state index in [4.69, 9.17) is 23.7 Å². The van der Waals surface area contributed by atoms with Gasteiger partial charge in [-0.2, -0.15) is 20.8 Å². The summed E-state index contributed by atoms with van der Waals surface area (Å²) in [7, 11) is 0. The fraction of sp³-hybridized carbons (Fsp3) is 0.679. The number of aryl methyl sites for hydroxylation is 1. The monoisotopic (exact) mass is 1040 g/mol. The molecule has 0 spiro atoms. The van der Waals surface area contributed by atoms with Crippen LogP contribution in [0.5, 0.6) is 0 Å². The third-order valence-corrected chi connectivity index (χ3v) is 13.7. The van der Waals surface area contributed by atoms with Crippen LogP contribution in [0.25, 0.3) is 0 Å². The van der Waals surface area contributed by atoms with Crippen LogP contribution >= 0.6 is 11.8 Å². The Balaban J connectivity index is 1.83. The molecule has 0 saturated heterocycles. The summed E-state index contributed by atoms with van der Waals surface area (Å²) in [6.07, 6.45) is 26.6. The fourth-order valence-electron chi connectivity index (χ4n) is 7.90. The zero-order valence-corrected chi connectivity index (χ0v) is 45.1. The molecule has 4 atom stereocenters. The van der Waals surface area contributed by atoms with Gasteiger partial charge in [0.1, 0.15) is 30.6 Å². The van der Waals surface area contributed by atoms with Gasteiger partial charge >= 0.3 is 23.9 Å². The van der Waals surface area contributed by atoms with E-state index < -0.39 is 47.0 Å². The van der Waals surface area contributed by atoms with Gasteiger partial charge in [-0.3, -0.25) is 19.2 Å². The molecule has 1 aromatic carbocycles. The highest BCUT2D eigenvalue weighted by molar-refractivity contribution is 8.04. The molecule has 2 rings (SSSR count). The van der Waals surface area contributed by atoms with Crippen LogP contribution in [0.4, 0.5) is 11.4 Å². The lowest BCUT2D eigenvalue weighted by Crippen LogP contribution is -2.31. The minimum atomic E-state index is -1.03. The predicted octanol–water partition coefficient (Wildman–Crippen LogP) is 12.4. The highest BCUT2D eigenvalue weighted by atomic mass is 32.2. The van der Waals surface area contributed by atoms with Crippen LogP contribution in [0.1, 0.15) is 155 Å². The molecular formula is C56H85N5O11S. The van der Waals surface area contributed by atoms with E-state index in [9.17, 15) is 39.9 Å². The minimum absolute atomic E-state index is 0.00309. The fourth-order valence-corrected chi connectivity index (χ4v) is 9.00. The number of allylic oxidation sites excluding steroid dienone is 5. The molecule has 0 radical (unpaired) electrons. The molecule has 1 aliphatic heterocycles. The van der Waals surface area contributed by atoms with Gasteiger partial charge in [0.15, 0.2) is 0 Å². The number of aliphatic carboxylic acids is 2. The third kappa shape index (κ3) is 29.4. The largest absolute Gasteiger partial charge is 0.481 e. The summed E-state index contributed by atoms with van der Waals surface area (Å²) in [5.41, 5.74) is 3.02. The standard InChI is InChI=1S/C56H85N5O11S/c1-5-7-9-11-13-15-17-19-21-23-25-46(55(64)65)40-52(62)71-37-35-69-32-30-61(48-27-28-50(44(3)39-48)59-60-54-49(42-57)45(4)51(43-58)73-54)29-31-68-33-34-70-36-38-72-53(63)41-47(56(66)67)26-24-22-20-18-16-14-12-10-8-6-2/h21-24,27-28,39,46-47,49,54H,5-20,25-26,29-38,40-41H2,1-4H3,(H,64,65)(H,66,67)/b23-21+,24-22+,60-59?. The van der Waals surface area contributed by atoms with Crippen LogP contribution in [-0.2, 0) is 42.9 Å². The molecule has 0 bridgehead atoms. The van der Waals surface area contributed by atoms with Gasteiger partial charge in [0.25, 0.3) is 0 Å². The first-order valence-electron chi connectivity index (χ1n) is 26.7. The molecule has 17 heteroatoms. The number of nitriles is 2. The Morgan fingerprint density at radius 2 is 1.14 bits per heavy atom. The van der Waals surface area contributed by atoms with Gasteiger partial charge in [-0.05, 0) is 81.7 Å². The maximum atomic E-state index is 12.5. The van der Waals surface area contributed by atoms with Crippen molar-refractivity contribution in [2.24, 2.45) is 28.0 Å². The molecule has 0 saturated carbocycles. The highest BCUT2D eigenvalue weighted by Gasteiger charge is 2.34. The van der Waals surface area contributed by atoms with E-state index in [-0.39, 0.29) is 71.9 Å². The summed E-state index contributed by atoms with van der Waals surface area (Å²) in [5, 5.41) is 46.8. The molecule has 0 amide bonds. The van der Waals surface area contributed by atoms with E-state index in [1.807, 2.05) is 49.4 Å². The van der Waals surface area contributed by atoms with E-state index in [1.165, 1.54) is 82.4 Å². The number of carboxylic acid groups (broad SMARTS) is 2. The molecule has 1 aliphatic rings. The number of carboxylic acids is 2. The van der Waals surface area contributed by atoms with Crippen LogP contribution in [0, 0.1) is 47.3 Å². The predicted molar refractivity (Wildman–Crippen MR) is 285 cm³/mol. The summed E-state index contributed by atoms with van der Waals surface area (Å²) in [4.78, 5) is 51.1. The number of carbonyl (C=O) groups excluding carboxylic acids is 2. The summed E-state index contributed by atoms with van der Waals surface area (Å²) in [6.45, 7) is 10.4. The first kappa shape index (κ1) is 64.0. The molecule has 1 heterocycles. The van der Waals surface area contributed by atoms with Crippen LogP contribution in [0.15, 0.2) is 63.2 Å². The number of azo groups is 1. The van der Waals surface area contributed by atoms with E-state index in [0.29, 0.717) is 35.9 Å². The van der Waals surface area contributed by atoms with Crippen LogP contribution in [-0.4, -0.2) is 105 Å². The second kappa shape index (κ2) is 41.3. The lowest BCUT2D eigenvalue weighted by Gasteiger charge is -2.25. The number of unbranched alkanes of at least 4 members (excludes halogenated alkanes) is 14. The number of esters is 2. The smallest absolute Gasteiger partial charge is 0.307 e. The lowest BCUT2D eigenvalue weighted by molar-refractivity contribution is -0.152. The zero-order valence-electron chi connectivity index (χ0n) is 44.3. The maximum Gasteiger partial charge on any atom is 0.307 e. The molecular weight excluding hydrogens is 951 g/mol. The topological polar surface area (TPSA) is 230 Å². The highest BCUT2D eigenvalue weighted by Crippen LogP contribution is 2.42. The van der Waals surface area contributed by atoms with Gasteiger partial charge in [0, 0.05) is 18.8 Å². The van der Waals surface area contributed by atoms with Crippen molar-refractivity contribution >= 4 is 47.0 Å². The van der Waals surface area contributed by atoms with Crippen molar-refractivity contribution in [3.8, 4) is 12.1 Å². The quantitative estimate of drug-likeness (QED) is 0.0268. The van der Waals surface area contributed by atoms with Crippen molar-refractivity contribution in [3.05, 3.63) is 58.5 Å². The summed E-state index contributed by atoms with van der Waals surface area (Å²) >= 11 is 1.24. The molecule has 16 nitrogen and oxygen atoms in total. The number of ether oxygens (including phenoxy) is 5. The Kier molecular flexibility index (Phi) is 36.2. The molecule has 0 fully saturated rings. The Morgan fingerprint density at radius 1 is 0.671 bits per heavy atom. The summed E-state index contributed by atoms with van der Waals surface area (Å²) in [6, 6.07) is 10.1. The number of benzene rings is 1. The van der Waals surface area contributed by atoms with E-state index in [1.54, 1.807) is 6.92 Å². The van der Waals surface area contributed by atoms with Gasteiger partial charge in [-0.1, -0.05) is 127 Å². The molecule has 0 aromatic heterocycles. The molecule has 406 valence electrons. The second-order valence-electron chi connectivity index (χ2n) is 18.4. The van der Waals surface area contributed by atoms with Gasteiger partial charge in [0.05, 0.1) is 81.0 Å². The van der Waals surface area contributed by atoms with Crippen LogP contribution < -0.4 is 4.90 Å². The number of hydrogen-bond acceptors (Lipinski definition) is 15. The van der Waals surface area contributed by atoms with E-state index >= 15 is 0 Å². The van der Waals surface area contributed by atoms with Crippen LogP contribution in [0.3, 0.4) is 0 Å². The van der Waals surface area contributed by atoms with E-state index in [2.05, 4.69) is 41.1 Å². The average Bonchev–Trinajstić information content (AvgIpc) is 3.69. The van der Waals surface area contributed by atoms with Crippen molar-refractivity contribution in [2.45, 2.75) is 161 Å². The van der Waals surface area contributed by atoms with Crippen molar-refractivity contribution < 1.29 is 53.1 Å². The van der Waals surface area contributed by atoms with Gasteiger partial charge in [0.2, 0.25) is 0 Å². The first-order valence-corrected chi connectivity index (χ1v) is 27.6.